The van der Waals surface area contributed by atoms with Crippen LogP contribution in [0.1, 0.15) is 34.3 Å². The van der Waals surface area contributed by atoms with Gasteiger partial charge in [-0.25, -0.2) is 9.38 Å². The van der Waals surface area contributed by atoms with E-state index < -0.39 is 53.2 Å². The van der Waals surface area contributed by atoms with Gasteiger partial charge in [-0.15, -0.1) is 11.6 Å². The Bertz CT molecular complexity index is 1660. The first-order chi connectivity index (χ1) is 21.8. The Hall–Kier alpha value is -4.71. The van der Waals surface area contributed by atoms with Crippen molar-refractivity contribution < 1.29 is 31.9 Å². The third kappa shape index (κ3) is 7.23. The third-order valence-electron chi connectivity index (χ3n) is 7.53. The Morgan fingerprint density at radius 3 is 2.26 bits per heavy atom. The van der Waals surface area contributed by atoms with E-state index in [2.05, 4.69) is 5.32 Å². The van der Waals surface area contributed by atoms with Gasteiger partial charge in [0.15, 0.2) is 0 Å². The van der Waals surface area contributed by atoms with Gasteiger partial charge in [0.2, 0.25) is 5.91 Å². The number of nitrogens with zero attached hydrogens (tertiary/aromatic N) is 3. The highest BCUT2D eigenvalue weighted by Gasteiger charge is 2.47. The molecule has 3 atom stereocenters. The lowest BCUT2D eigenvalue weighted by Gasteiger charge is -2.42. The number of halogens is 5. The number of nitrogens with two attached hydrogens (primary N) is 1. The zero-order valence-electron chi connectivity index (χ0n) is 25.2. The fraction of sp³-hybridized carbons (Fsp3) is 0.273. The number of likely N-dealkylation sites (tertiary alicyclic amines) is 1. The van der Waals surface area contributed by atoms with E-state index in [0.717, 1.165) is 24.3 Å². The number of hydrogen-bond donors (Lipinski definition) is 2. The first-order valence-electron chi connectivity index (χ1n) is 14.2. The standard InChI is InChI=1S/C33H32ClF4N5O3/c1-4-43-29(40-23-11-6-5-7-12-23)26(27(39)24(18-34)31(45)42(2)3)25(19-13-15-22(35)16-14-19)28(32(43)46)41-30(44)20-9-8-10-21(17-20)33(36,37)38/h5-17,24-25,28H,4,18,39H2,1-3H3,(H,41,44)/b27-26-,40-29?. The molecule has 3 aromatic carbocycles. The molecule has 46 heavy (non-hydrogen) atoms. The number of rotatable bonds is 8. The maximum Gasteiger partial charge on any atom is 0.416 e. The second kappa shape index (κ2) is 14.2. The van der Waals surface area contributed by atoms with Crippen molar-refractivity contribution in [2.24, 2.45) is 16.6 Å². The molecule has 0 spiro atoms. The van der Waals surface area contributed by atoms with Crippen LogP contribution in [0.2, 0.25) is 0 Å². The summed E-state index contributed by atoms with van der Waals surface area (Å²) in [5, 5.41) is 2.61. The summed E-state index contributed by atoms with van der Waals surface area (Å²) in [7, 11) is 3.05. The summed E-state index contributed by atoms with van der Waals surface area (Å²) in [6, 6.07) is 16.1. The van der Waals surface area contributed by atoms with Crippen LogP contribution >= 0.6 is 11.6 Å². The average Bonchev–Trinajstić information content (AvgIpc) is 3.03. The van der Waals surface area contributed by atoms with Crippen LogP contribution in [0.4, 0.5) is 23.2 Å². The lowest BCUT2D eigenvalue weighted by molar-refractivity contribution is -0.137. The topological polar surface area (TPSA) is 108 Å². The van der Waals surface area contributed by atoms with Crippen LogP contribution in [0, 0.1) is 11.7 Å². The molecule has 8 nitrogen and oxygen atoms in total. The first kappa shape index (κ1) is 34.2. The molecule has 0 aliphatic carbocycles. The van der Waals surface area contributed by atoms with Crippen molar-refractivity contribution in [3.63, 3.8) is 0 Å². The number of benzene rings is 3. The Morgan fingerprint density at radius 1 is 1.04 bits per heavy atom. The highest BCUT2D eigenvalue weighted by atomic mass is 35.5. The fourth-order valence-electron chi connectivity index (χ4n) is 5.24. The summed E-state index contributed by atoms with van der Waals surface area (Å²) in [5.74, 6) is -5.06. The zero-order chi connectivity index (χ0) is 33.8. The second-order valence-electron chi connectivity index (χ2n) is 10.7. The normalized spacial score (nSPS) is 19.5. The van der Waals surface area contributed by atoms with Gasteiger partial charge >= 0.3 is 6.18 Å². The summed E-state index contributed by atoms with van der Waals surface area (Å²) in [5.41, 5.74) is 6.31. The lowest BCUT2D eigenvalue weighted by Crippen LogP contribution is -2.59. The maximum absolute atomic E-state index is 14.3. The number of hydrogen-bond acceptors (Lipinski definition) is 5. The number of carbonyl (C=O) groups is 3. The van der Waals surface area contributed by atoms with E-state index in [1.54, 1.807) is 37.3 Å². The van der Waals surface area contributed by atoms with Gasteiger partial charge in [0.05, 0.1) is 17.2 Å². The lowest BCUT2D eigenvalue weighted by atomic mass is 9.77. The summed E-state index contributed by atoms with van der Waals surface area (Å²) >= 11 is 6.30. The number of amidine groups is 1. The molecular weight excluding hydrogens is 626 g/mol. The highest BCUT2D eigenvalue weighted by molar-refractivity contribution is 6.20. The van der Waals surface area contributed by atoms with E-state index >= 15 is 0 Å². The van der Waals surface area contributed by atoms with Crippen LogP contribution in [0.15, 0.2) is 95.1 Å². The highest BCUT2D eigenvalue weighted by Crippen LogP contribution is 2.39. The number of alkyl halides is 4. The van der Waals surface area contributed by atoms with Gasteiger partial charge < -0.3 is 16.0 Å². The first-order valence-corrected chi connectivity index (χ1v) is 14.8. The Kier molecular flexibility index (Phi) is 10.5. The molecule has 3 amide bonds. The molecule has 1 saturated heterocycles. The van der Waals surface area contributed by atoms with Gasteiger partial charge in [0.25, 0.3) is 11.8 Å². The number of piperidine rings is 1. The third-order valence-corrected chi connectivity index (χ3v) is 7.84. The average molecular weight is 658 g/mol. The summed E-state index contributed by atoms with van der Waals surface area (Å²) in [6.45, 7) is 1.71. The van der Waals surface area contributed by atoms with Gasteiger partial charge in [-0.3, -0.25) is 19.3 Å². The smallest absolute Gasteiger partial charge is 0.401 e. The van der Waals surface area contributed by atoms with Crippen LogP contribution < -0.4 is 11.1 Å². The Labute approximate surface area is 268 Å². The van der Waals surface area contributed by atoms with E-state index in [0.29, 0.717) is 17.3 Å². The van der Waals surface area contributed by atoms with Crippen LogP contribution in [0.25, 0.3) is 0 Å². The van der Waals surface area contributed by atoms with Gasteiger partial charge in [-0.05, 0) is 55.0 Å². The number of aliphatic imine (C=N–C) groups is 1. The summed E-state index contributed by atoms with van der Waals surface area (Å²) in [4.78, 5) is 48.4. The Morgan fingerprint density at radius 2 is 1.70 bits per heavy atom. The molecule has 3 N–H and O–H groups in total. The molecule has 0 saturated carbocycles. The minimum absolute atomic E-state index is 0.0398. The molecule has 0 bridgehead atoms. The molecular formula is C33H32ClF4N5O3. The van der Waals surface area contributed by atoms with Crippen molar-refractivity contribution in [1.29, 1.82) is 0 Å². The number of nitrogens with one attached hydrogen (secondary N) is 1. The van der Waals surface area contributed by atoms with Crippen LogP contribution in [0.5, 0.6) is 0 Å². The summed E-state index contributed by atoms with van der Waals surface area (Å²) < 4.78 is 54.5. The van der Waals surface area contributed by atoms with Gasteiger partial charge in [0, 0.05) is 49.3 Å². The van der Waals surface area contributed by atoms with Crippen molar-refractivity contribution >= 4 is 40.8 Å². The predicted molar refractivity (Wildman–Crippen MR) is 167 cm³/mol. The number of para-hydroxylation sites is 1. The maximum atomic E-state index is 14.3. The fourth-order valence-corrected chi connectivity index (χ4v) is 5.54. The molecule has 0 radical (unpaired) electrons. The van der Waals surface area contributed by atoms with Crippen molar-refractivity contribution in [3.05, 3.63) is 113 Å². The van der Waals surface area contributed by atoms with Crippen molar-refractivity contribution in [1.82, 2.24) is 15.1 Å². The van der Waals surface area contributed by atoms with Crippen molar-refractivity contribution in [3.8, 4) is 0 Å². The number of likely N-dealkylation sites (N-methyl/N-ethyl adjacent to an activating group) is 1. The molecule has 1 fully saturated rings. The van der Waals surface area contributed by atoms with Crippen LogP contribution in [0.3, 0.4) is 0 Å². The van der Waals surface area contributed by atoms with Crippen molar-refractivity contribution in [2.75, 3.05) is 26.5 Å². The SMILES string of the molecule is CCN1C(=O)C(NC(=O)c2cccc(C(F)(F)F)c2)C(c2ccc(F)cc2)/C(=C(/N)C(CCl)C(=O)N(C)C)C1=Nc1ccccc1. The van der Waals surface area contributed by atoms with E-state index in [4.69, 9.17) is 22.3 Å². The van der Waals surface area contributed by atoms with E-state index in [-0.39, 0.29) is 35.1 Å². The molecule has 1 heterocycles. The van der Waals surface area contributed by atoms with E-state index in [9.17, 15) is 31.9 Å². The monoisotopic (exact) mass is 657 g/mol. The number of carbonyl (C=O) groups excluding carboxylic acids is 3. The molecule has 13 heteroatoms. The van der Waals surface area contributed by atoms with E-state index in [1.165, 1.54) is 42.1 Å². The molecule has 3 aromatic rings. The molecule has 1 aliphatic rings. The minimum Gasteiger partial charge on any atom is -0.401 e. The van der Waals surface area contributed by atoms with Crippen LogP contribution in [-0.2, 0) is 15.8 Å². The van der Waals surface area contributed by atoms with Crippen LogP contribution in [-0.4, -0.2) is 65.9 Å². The quantitative estimate of drug-likeness (QED) is 0.247. The van der Waals surface area contributed by atoms with E-state index in [1.807, 2.05) is 0 Å². The summed E-state index contributed by atoms with van der Waals surface area (Å²) in [6.07, 6.45) is -4.71. The van der Waals surface area contributed by atoms with Crippen molar-refractivity contribution in [2.45, 2.75) is 25.1 Å². The Balaban J connectivity index is 2.00. The second-order valence-corrected chi connectivity index (χ2v) is 11.0. The molecule has 3 unspecified atom stereocenters. The minimum atomic E-state index is -4.71. The number of amides is 3. The van der Waals surface area contributed by atoms with Gasteiger partial charge in [-0.1, -0.05) is 36.4 Å². The molecule has 1 aliphatic heterocycles. The zero-order valence-corrected chi connectivity index (χ0v) is 25.9. The van der Waals surface area contributed by atoms with Gasteiger partial charge in [0.1, 0.15) is 17.7 Å². The largest absolute Gasteiger partial charge is 0.416 e. The van der Waals surface area contributed by atoms with Gasteiger partial charge in [-0.2, -0.15) is 13.2 Å². The predicted octanol–water partition coefficient (Wildman–Crippen LogP) is 5.48. The molecule has 4 rings (SSSR count). The molecule has 0 aromatic heterocycles. The molecule has 242 valence electrons.